The Morgan fingerprint density at radius 1 is 0.842 bits per heavy atom. The quantitative estimate of drug-likeness (QED) is 0.699. The molecule has 0 aromatic heterocycles. The lowest BCUT2D eigenvalue weighted by Crippen LogP contribution is -1.96. The molecule has 0 bridgehead atoms. The van der Waals surface area contributed by atoms with E-state index in [0.29, 0.717) is 0 Å². The first-order valence-electron chi connectivity index (χ1n) is 6.58. The van der Waals surface area contributed by atoms with E-state index in [1.54, 1.807) is 0 Å². The Morgan fingerprint density at radius 3 is 2.11 bits per heavy atom. The maximum Gasteiger partial charge on any atom is -0.00203 e. The van der Waals surface area contributed by atoms with Crippen LogP contribution in [0.15, 0.2) is 49.6 Å². The molecule has 2 aromatic rings. The maximum atomic E-state index is 3.89. The third kappa shape index (κ3) is 2.85. The van der Waals surface area contributed by atoms with Gasteiger partial charge in [0.2, 0.25) is 0 Å². The van der Waals surface area contributed by atoms with Gasteiger partial charge in [-0.2, -0.15) is 0 Å². The summed E-state index contributed by atoms with van der Waals surface area (Å²) in [5.41, 5.74) is 7.70. The van der Waals surface area contributed by atoms with Crippen molar-refractivity contribution < 1.29 is 0 Å². The number of benzene rings is 2. The lowest BCUT2D eigenvalue weighted by molar-refractivity contribution is 1.13. The van der Waals surface area contributed by atoms with Gasteiger partial charge in [-0.1, -0.05) is 61.7 Å². The van der Waals surface area contributed by atoms with Crippen molar-refractivity contribution in [2.45, 2.75) is 20.3 Å². The Bertz CT molecular complexity index is 618. The molecule has 0 saturated carbocycles. The molecule has 2 aromatic carbocycles. The Balaban J connectivity index is 2.43. The Morgan fingerprint density at radius 2 is 1.47 bits per heavy atom. The third-order valence-electron chi connectivity index (χ3n) is 3.62. The highest BCUT2D eigenvalue weighted by Crippen LogP contribution is 2.22. The molecule has 0 saturated heterocycles. The van der Waals surface area contributed by atoms with E-state index in [1.807, 2.05) is 12.2 Å². The molecule has 0 heterocycles. The highest BCUT2D eigenvalue weighted by molar-refractivity contribution is 5.65. The molecular weight excluding hydrogens is 228 g/mol. The van der Waals surface area contributed by atoms with Crippen LogP contribution in [0.5, 0.6) is 0 Å². The van der Waals surface area contributed by atoms with E-state index >= 15 is 0 Å². The molecule has 96 valence electrons. The topological polar surface area (TPSA) is 0 Å². The zero-order chi connectivity index (χ0) is 13.8. The van der Waals surface area contributed by atoms with E-state index < -0.39 is 0 Å². The van der Waals surface area contributed by atoms with Gasteiger partial charge in [-0.05, 0) is 53.6 Å². The van der Waals surface area contributed by atoms with Gasteiger partial charge in [0, 0.05) is 0 Å². The molecular formula is C19H20. The summed E-state index contributed by atoms with van der Waals surface area (Å²) in [6.07, 6.45) is 4.76. The van der Waals surface area contributed by atoms with Crippen molar-refractivity contribution in [2.24, 2.45) is 0 Å². The second kappa shape index (κ2) is 5.71. The van der Waals surface area contributed by atoms with Crippen LogP contribution >= 0.6 is 0 Å². The fraction of sp³-hybridized carbons (Fsp3) is 0.158. The van der Waals surface area contributed by atoms with Gasteiger partial charge < -0.3 is 0 Å². The molecule has 0 aliphatic rings. The van der Waals surface area contributed by atoms with Crippen molar-refractivity contribution in [1.82, 2.24) is 0 Å². The van der Waals surface area contributed by atoms with E-state index in [2.05, 4.69) is 63.4 Å². The average molecular weight is 248 g/mol. The fourth-order valence-electron chi connectivity index (χ4n) is 2.35. The van der Waals surface area contributed by atoms with Gasteiger partial charge in [-0.15, -0.1) is 0 Å². The first kappa shape index (κ1) is 13.4. The molecule has 0 N–H and O–H groups in total. The van der Waals surface area contributed by atoms with Crippen molar-refractivity contribution >= 4 is 12.2 Å². The van der Waals surface area contributed by atoms with Crippen LogP contribution in [0.4, 0.5) is 0 Å². The molecule has 19 heavy (non-hydrogen) atoms. The summed E-state index contributed by atoms with van der Waals surface area (Å²) in [7, 11) is 0. The minimum Gasteiger partial charge on any atom is -0.0984 e. The molecule has 2 rings (SSSR count). The summed E-state index contributed by atoms with van der Waals surface area (Å²) in [4.78, 5) is 0. The Kier molecular flexibility index (Phi) is 4.01. The third-order valence-corrected chi connectivity index (χ3v) is 3.62. The van der Waals surface area contributed by atoms with Crippen LogP contribution in [0.25, 0.3) is 12.2 Å². The molecule has 0 heteroatoms. The molecule has 0 aliphatic carbocycles. The zero-order valence-corrected chi connectivity index (χ0v) is 11.7. The van der Waals surface area contributed by atoms with Gasteiger partial charge in [0.1, 0.15) is 0 Å². The lowest BCUT2D eigenvalue weighted by atomic mass is 9.93. The van der Waals surface area contributed by atoms with E-state index in [9.17, 15) is 0 Å². The van der Waals surface area contributed by atoms with Crippen molar-refractivity contribution in [2.75, 3.05) is 0 Å². The smallest absolute Gasteiger partial charge is 0.00203 e. The van der Waals surface area contributed by atoms with E-state index in [4.69, 9.17) is 0 Å². The second-order valence-electron chi connectivity index (χ2n) is 4.92. The molecule has 0 radical (unpaired) electrons. The zero-order valence-electron chi connectivity index (χ0n) is 11.7. The highest BCUT2D eigenvalue weighted by atomic mass is 14.1. The van der Waals surface area contributed by atoms with E-state index in [1.165, 1.54) is 22.3 Å². The van der Waals surface area contributed by atoms with Gasteiger partial charge >= 0.3 is 0 Å². The average Bonchev–Trinajstić information content (AvgIpc) is 2.42. The molecule has 0 aliphatic heterocycles. The predicted molar refractivity (Wildman–Crippen MR) is 85.3 cm³/mol. The normalized spacial score (nSPS) is 10.2. The Labute approximate surface area is 116 Å². The van der Waals surface area contributed by atoms with Crippen LogP contribution in [-0.4, -0.2) is 0 Å². The van der Waals surface area contributed by atoms with Gasteiger partial charge in [0.25, 0.3) is 0 Å². The summed E-state index contributed by atoms with van der Waals surface area (Å²) >= 11 is 0. The van der Waals surface area contributed by atoms with Crippen LogP contribution in [0, 0.1) is 13.8 Å². The van der Waals surface area contributed by atoms with E-state index in [0.717, 1.165) is 17.5 Å². The first-order valence-corrected chi connectivity index (χ1v) is 6.58. The molecule has 0 unspecified atom stereocenters. The predicted octanol–water partition coefficient (Wildman–Crippen LogP) is 5.18. The molecule has 0 atom stereocenters. The van der Waals surface area contributed by atoms with Crippen LogP contribution in [-0.2, 0) is 6.42 Å². The SMILES string of the molecule is C=Cc1cc(C)c(Cc2ccccc2C)cc1C=C. The van der Waals surface area contributed by atoms with E-state index in [-0.39, 0.29) is 0 Å². The summed E-state index contributed by atoms with van der Waals surface area (Å²) in [5, 5.41) is 0. The monoisotopic (exact) mass is 248 g/mol. The standard InChI is InChI=1S/C19H20/c1-5-16-11-15(4)19(12-17(16)6-2)13-18-10-8-7-9-14(18)3/h5-12H,1-2,13H2,3-4H3. The largest absolute Gasteiger partial charge is 0.0984 e. The molecule has 0 nitrogen and oxygen atoms in total. The maximum absolute atomic E-state index is 3.89. The molecule has 0 amide bonds. The minimum atomic E-state index is 0.969. The van der Waals surface area contributed by atoms with Crippen molar-refractivity contribution in [3.8, 4) is 0 Å². The molecule has 0 fully saturated rings. The number of hydrogen-bond donors (Lipinski definition) is 0. The second-order valence-corrected chi connectivity index (χ2v) is 4.92. The lowest BCUT2D eigenvalue weighted by Gasteiger charge is -2.12. The van der Waals surface area contributed by atoms with Crippen LogP contribution in [0.3, 0.4) is 0 Å². The van der Waals surface area contributed by atoms with Crippen LogP contribution in [0.2, 0.25) is 0 Å². The Hall–Kier alpha value is -2.08. The van der Waals surface area contributed by atoms with Gasteiger partial charge in [-0.25, -0.2) is 0 Å². The van der Waals surface area contributed by atoms with Crippen molar-refractivity contribution in [1.29, 1.82) is 0 Å². The first-order chi connectivity index (χ1) is 9.15. The number of aryl methyl sites for hydroxylation is 2. The van der Waals surface area contributed by atoms with Crippen molar-refractivity contribution in [3.63, 3.8) is 0 Å². The summed E-state index contributed by atoms with van der Waals surface area (Å²) in [6.45, 7) is 12.1. The summed E-state index contributed by atoms with van der Waals surface area (Å²) in [5.74, 6) is 0. The number of hydrogen-bond acceptors (Lipinski definition) is 0. The fourth-order valence-corrected chi connectivity index (χ4v) is 2.35. The van der Waals surface area contributed by atoms with Crippen molar-refractivity contribution in [3.05, 3.63) is 82.9 Å². The summed E-state index contributed by atoms with van der Waals surface area (Å²) < 4.78 is 0. The molecule has 0 spiro atoms. The van der Waals surface area contributed by atoms with Gasteiger partial charge in [0.15, 0.2) is 0 Å². The minimum absolute atomic E-state index is 0.969. The summed E-state index contributed by atoms with van der Waals surface area (Å²) in [6, 6.07) is 13.0. The van der Waals surface area contributed by atoms with Gasteiger partial charge in [0.05, 0.1) is 0 Å². The highest BCUT2D eigenvalue weighted by Gasteiger charge is 2.06. The van der Waals surface area contributed by atoms with Gasteiger partial charge in [-0.3, -0.25) is 0 Å². The van der Waals surface area contributed by atoms with Crippen LogP contribution < -0.4 is 0 Å². The van der Waals surface area contributed by atoms with Crippen LogP contribution in [0.1, 0.15) is 33.4 Å². The number of rotatable bonds is 4.